The number of methoxy groups -OCH3 is 1. The Labute approximate surface area is 55.6 Å². The van der Waals surface area contributed by atoms with Crippen LogP contribution in [0.1, 0.15) is 0 Å². The van der Waals surface area contributed by atoms with Gasteiger partial charge in [0.1, 0.15) is 0 Å². The van der Waals surface area contributed by atoms with Crippen molar-refractivity contribution in [1.29, 1.82) is 0 Å². The van der Waals surface area contributed by atoms with Gasteiger partial charge in [-0.25, -0.2) is 0 Å². The summed E-state index contributed by atoms with van der Waals surface area (Å²) < 4.78 is 5.17. The lowest BCUT2D eigenvalue weighted by Gasteiger charge is -2.13. The van der Waals surface area contributed by atoms with Crippen LogP contribution in [0.3, 0.4) is 0 Å². The first-order valence-corrected chi connectivity index (χ1v) is 3.32. The van der Waals surface area contributed by atoms with Gasteiger partial charge in [0.05, 0.1) is 6.10 Å². The lowest BCUT2D eigenvalue weighted by molar-refractivity contribution is 0.0859. The zero-order valence-electron chi connectivity index (χ0n) is 5.76. The van der Waals surface area contributed by atoms with Crippen LogP contribution in [0.15, 0.2) is 0 Å². The fourth-order valence-corrected chi connectivity index (χ4v) is 1.22. The van der Waals surface area contributed by atoms with E-state index in [1.54, 1.807) is 7.11 Å². The summed E-state index contributed by atoms with van der Waals surface area (Å²) in [6, 6.07) is 0. The minimum Gasteiger partial charge on any atom is -0.380 e. The van der Waals surface area contributed by atoms with Crippen molar-refractivity contribution < 1.29 is 4.74 Å². The molecule has 1 aliphatic rings. The van der Waals surface area contributed by atoms with Crippen LogP contribution in [0.2, 0.25) is 0 Å². The van der Waals surface area contributed by atoms with Gasteiger partial charge in [0, 0.05) is 26.1 Å². The Morgan fingerprint density at radius 3 is 2.89 bits per heavy atom. The van der Waals surface area contributed by atoms with E-state index in [1.807, 2.05) is 0 Å². The monoisotopic (exact) mass is 130 g/mol. The van der Waals surface area contributed by atoms with Gasteiger partial charge in [-0.1, -0.05) is 0 Å². The summed E-state index contributed by atoms with van der Waals surface area (Å²) in [6.45, 7) is 2.69. The second kappa shape index (κ2) is 3.15. The minimum absolute atomic E-state index is 0.343. The van der Waals surface area contributed by atoms with Gasteiger partial charge in [-0.2, -0.15) is 0 Å². The van der Waals surface area contributed by atoms with E-state index in [4.69, 9.17) is 10.5 Å². The summed E-state index contributed by atoms with van der Waals surface area (Å²) in [4.78, 5) is 0. The Balaban J connectivity index is 2.32. The number of ether oxygens (including phenoxy) is 1. The van der Waals surface area contributed by atoms with E-state index in [1.165, 1.54) is 0 Å². The summed E-state index contributed by atoms with van der Waals surface area (Å²) in [5.74, 6) is 0.523. The van der Waals surface area contributed by atoms with Gasteiger partial charge in [0.2, 0.25) is 0 Å². The molecule has 0 amide bonds. The fourth-order valence-electron chi connectivity index (χ4n) is 1.22. The maximum Gasteiger partial charge on any atom is 0.0747 e. The summed E-state index contributed by atoms with van der Waals surface area (Å²) >= 11 is 0. The van der Waals surface area contributed by atoms with Gasteiger partial charge in [-0.05, 0) is 6.54 Å². The molecule has 1 rings (SSSR count). The topological polar surface area (TPSA) is 47.3 Å². The molecule has 1 heterocycles. The van der Waals surface area contributed by atoms with Gasteiger partial charge in [0.25, 0.3) is 0 Å². The first-order chi connectivity index (χ1) is 4.38. The second-order valence-corrected chi connectivity index (χ2v) is 2.43. The Morgan fingerprint density at radius 2 is 2.44 bits per heavy atom. The molecule has 2 atom stereocenters. The van der Waals surface area contributed by atoms with Gasteiger partial charge in [-0.15, -0.1) is 0 Å². The van der Waals surface area contributed by atoms with Crippen LogP contribution in [0.25, 0.3) is 0 Å². The molecule has 1 aliphatic heterocycles. The smallest absolute Gasteiger partial charge is 0.0747 e. The first kappa shape index (κ1) is 6.99. The van der Waals surface area contributed by atoms with E-state index in [0.29, 0.717) is 12.0 Å². The van der Waals surface area contributed by atoms with E-state index in [-0.39, 0.29) is 0 Å². The molecule has 0 aliphatic carbocycles. The highest BCUT2D eigenvalue weighted by Crippen LogP contribution is 2.09. The average molecular weight is 130 g/mol. The van der Waals surface area contributed by atoms with Crippen molar-refractivity contribution in [1.82, 2.24) is 5.32 Å². The van der Waals surface area contributed by atoms with Gasteiger partial charge in [-0.3, -0.25) is 0 Å². The van der Waals surface area contributed by atoms with Crippen molar-refractivity contribution >= 4 is 0 Å². The highest BCUT2D eigenvalue weighted by molar-refractivity contribution is 4.81. The van der Waals surface area contributed by atoms with E-state index >= 15 is 0 Å². The highest BCUT2D eigenvalue weighted by Gasteiger charge is 2.24. The van der Waals surface area contributed by atoms with Crippen LogP contribution in [-0.4, -0.2) is 32.8 Å². The minimum atomic E-state index is 0.343. The van der Waals surface area contributed by atoms with E-state index in [9.17, 15) is 0 Å². The van der Waals surface area contributed by atoms with Gasteiger partial charge in [0.15, 0.2) is 0 Å². The predicted molar refractivity (Wildman–Crippen MR) is 36.2 cm³/mol. The van der Waals surface area contributed by atoms with E-state index in [0.717, 1.165) is 19.6 Å². The van der Waals surface area contributed by atoms with Crippen molar-refractivity contribution in [3.63, 3.8) is 0 Å². The van der Waals surface area contributed by atoms with Crippen LogP contribution in [0.5, 0.6) is 0 Å². The largest absolute Gasteiger partial charge is 0.380 e. The standard InChI is InChI=1S/C6H14N2O/c1-9-6-4-8-3-5(6)2-7/h5-6,8H,2-4,7H2,1H3. The van der Waals surface area contributed by atoms with Crippen molar-refractivity contribution in [3.05, 3.63) is 0 Å². The van der Waals surface area contributed by atoms with Crippen molar-refractivity contribution in [2.45, 2.75) is 6.10 Å². The molecule has 0 aromatic carbocycles. The molecule has 0 radical (unpaired) electrons. The molecule has 2 unspecified atom stereocenters. The van der Waals surface area contributed by atoms with Crippen molar-refractivity contribution in [2.24, 2.45) is 11.7 Å². The molecule has 3 heteroatoms. The van der Waals surface area contributed by atoms with E-state index < -0.39 is 0 Å². The zero-order chi connectivity index (χ0) is 6.69. The summed E-state index contributed by atoms with van der Waals surface area (Å²) in [5, 5.41) is 3.22. The number of nitrogens with two attached hydrogens (primary N) is 1. The number of hydrogen-bond acceptors (Lipinski definition) is 3. The molecular formula is C6H14N2O. The van der Waals surface area contributed by atoms with E-state index in [2.05, 4.69) is 5.32 Å². The maximum atomic E-state index is 5.48. The third-order valence-corrected chi connectivity index (χ3v) is 1.88. The Morgan fingerprint density at radius 1 is 1.67 bits per heavy atom. The number of rotatable bonds is 2. The number of nitrogens with one attached hydrogen (secondary N) is 1. The summed E-state index contributed by atoms with van der Waals surface area (Å²) in [6.07, 6.45) is 0.343. The van der Waals surface area contributed by atoms with Crippen molar-refractivity contribution in [3.8, 4) is 0 Å². The Hall–Kier alpha value is -0.120. The number of hydrogen-bond donors (Lipinski definition) is 2. The molecule has 0 saturated carbocycles. The lowest BCUT2D eigenvalue weighted by atomic mass is 10.1. The zero-order valence-corrected chi connectivity index (χ0v) is 5.76. The van der Waals surface area contributed by atoms with Crippen LogP contribution in [0, 0.1) is 5.92 Å². The summed E-state index contributed by atoms with van der Waals surface area (Å²) in [5.41, 5.74) is 5.48. The Bertz CT molecular complexity index is 77.1. The lowest BCUT2D eigenvalue weighted by Crippen LogP contribution is -2.27. The van der Waals surface area contributed by atoms with Crippen LogP contribution < -0.4 is 11.1 Å². The quantitative estimate of drug-likeness (QED) is 0.513. The predicted octanol–water partition coefficient (Wildman–Crippen LogP) is -0.820. The Kier molecular flexibility index (Phi) is 2.45. The van der Waals surface area contributed by atoms with Crippen LogP contribution >= 0.6 is 0 Å². The fraction of sp³-hybridized carbons (Fsp3) is 1.00. The maximum absolute atomic E-state index is 5.48. The van der Waals surface area contributed by atoms with Crippen LogP contribution in [0.4, 0.5) is 0 Å². The van der Waals surface area contributed by atoms with Crippen molar-refractivity contribution in [2.75, 3.05) is 26.7 Å². The highest BCUT2D eigenvalue weighted by atomic mass is 16.5. The third-order valence-electron chi connectivity index (χ3n) is 1.88. The molecule has 0 spiro atoms. The average Bonchev–Trinajstić information content (AvgIpc) is 2.33. The molecular weight excluding hydrogens is 116 g/mol. The molecule has 9 heavy (non-hydrogen) atoms. The second-order valence-electron chi connectivity index (χ2n) is 2.43. The normalized spacial score (nSPS) is 35.3. The SMILES string of the molecule is COC1CNCC1CN. The molecule has 54 valence electrons. The van der Waals surface area contributed by atoms with Gasteiger partial charge < -0.3 is 15.8 Å². The summed E-state index contributed by atoms with van der Waals surface area (Å²) in [7, 11) is 1.74. The molecule has 1 fully saturated rings. The molecule has 0 aromatic rings. The molecule has 1 saturated heterocycles. The molecule has 3 nitrogen and oxygen atoms in total. The van der Waals surface area contributed by atoms with Crippen LogP contribution in [-0.2, 0) is 4.74 Å². The van der Waals surface area contributed by atoms with Gasteiger partial charge >= 0.3 is 0 Å². The molecule has 0 bridgehead atoms. The first-order valence-electron chi connectivity index (χ1n) is 3.32. The molecule has 3 N–H and O–H groups in total. The third kappa shape index (κ3) is 1.41. The molecule has 0 aromatic heterocycles.